The van der Waals surface area contributed by atoms with E-state index in [1.807, 2.05) is 26.1 Å². The molecule has 0 saturated carbocycles. The van der Waals surface area contributed by atoms with Crippen LogP contribution >= 0.6 is 0 Å². The summed E-state index contributed by atoms with van der Waals surface area (Å²) >= 11 is 0. The zero-order chi connectivity index (χ0) is 13.5. The van der Waals surface area contributed by atoms with Crippen LogP contribution in [-0.4, -0.2) is 36.4 Å². The molecule has 5 nitrogen and oxygen atoms in total. The number of nitriles is 1. The second-order valence-corrected chi connectivity index (χ2v) is 4.37. The average molecular weight is 246 g/mol. The first-order valence-corrected chi connectivity index (χ1v) is 5.82. The summed E-state index contributed by atoms with van der Waals surface area (Å²) in [4.78, 5) is 17.4. The Bertz CT molecular complexity index is 453. The molecule has 1 N–H and O–H groups in total. The first kappa shape index (κ1) is 14.1. The first-order chi connectivity index (χ1) is 8.56. The Kier molecular flexibility index (Phi) is 5.28. The van der Waals surface area contributed by atoms with Gasteiger partial charge in [-0.3, -0.25) is 4.79 Å². The van der Waals surface area contributed by atoms with E-state index in [2.05, 4.69) is 15.2 Å². The van der Waals surface area contributed by atoms with Crippen molar-refractivity contribution in [1.82, 2.24) is 15.2 Å². The van der Waals surface area contributed by atoms with Gasteiger partial charge in [-0.05, 0) is 24.7 Å². The molecule has 18 heavy (non-hydrogen) atoms. The molecule has 0 radical (unpaired) electrons. The van der Waals surface area contributed by atoms with E-state index in [-0.39, 0.29) is 11.8 Å². The van der Waals surface area contributed by atoms with E-state index in [0.717, 1.165) is 5.56 Å². The Balaban J connectivity index is 2.56. The van der Waals surface area contributed by atoms with E-state index in [1.54, 1.807) is 19.3 Å². The minimum absolute atomic E-state index is 0.0364. The van der Waals surface area contributed by atoms with E-state index in [1.165, 1.54) is 0 Å². The number of carbonyl (C=O) groups excluding carboxylic acids is 1. The normalized spacial score (nSPS) is 11.9. The Morgan fingerprint density at radius 3 is 3.00 bits per heavy atom. The molecular formula is C13H18N4O. The van der Waals surface area contributed by atoms with Gasteiger partial charge in [0, 0.05) is 32.3 Å². The minimum Gasteiger partial charge on any atom is -0.359 e. The average Bonchev–Trinajstić information content (AvgIpc) is 2.37. The molecule has 1 aromatic rings. The SMILES string of the molecule is CNC(=O)C(C)CN(C)Cc1ccnc(C#N)c1. The fourth-order valence-electron chi connectivity index (χ4n) is 1.81. The molecule has 0 saturated heterocycles. The molecule has 0 fully saturated rings. The van der Waals surface area contributed by atoms with Gasteiger partial charge in [0.2, 0.25) is 5.91 Å². The van der Waals surface area contributed by atoms with Crippen molar-refractivity contribution in [2.45, 2.75) is 13.5 Å². The van der Waals surface area contributed by atoms with Gasteiger partial charge in [0.05, 0.1) is 0 Å². The Morgan fingerprint density at radius 2 is 2.39 bits per heavy atom. The van der Waals surface area contributed by atoms with Crippen molar-refractivity contribution in [1.29, 1.82) is 5.26 Å². The lowest BCUT2D eigenvalue weighted by molar-refractivity contribution is -0.124. The van der Waals surface area contributed by atoms with Gasteiger partial charge in [-0.2, -0.15) is 5.26 Å². The quantitative estimate of drug-likeness (QED) is 0.833. The van der Waals surface area contributed by atoms with Gasteiger partial charge in [-0.25, -0.2) is 4.98 Å². The van der Waals surface area contributed by atoms with Gasteiger partial charge in [0.15, 0.2) is 0 Å². The van der Waals surface area contributed by atoms with Gasteiger partial charge in [0.1, 0.15) is 11.8 Å². The summed E-state index contributed by atoms with van der Waals surface area (Å²) in [5, 5.41) is 11.4. The van der Waals surface area contributed by atoms with Crippen LogP contribution in [0.25, 0.3) is 0 Å². The predicted molar refractivity (Wildman–Crippen MR) is 68.5 cm³/mol. The maximum atomic E-state index is 11.4. The van der Waals surface area contributed by atoms with E-state index in [4.69, 9.17) is 5.26 Å². The van der Waals surface area contributed by atoms with Crippen LogP contribution in [0.15, 0.2) is 18.3 Å². The van der Waals surface area contributed by atoms with Crippen molar-refractivity contribution in [3.05, 3.63) is 29.6 Å². The van der Waals surface area contributed by atoms with Gasteiger partial charge in [0.25, 0.3) is 0 Å². The molecule has 1 rings (SSSR count). The molecule has 96 valence electrons. The lowest BCUT2D eigenvalue weighted by Crippen LogP contribution is -2.34. The highest BCUT2D eigenvalue weighted by molar-refractivity contribution is 5.78. The molecule has 1 heterocycles. The molecule has 1 aromatic heterocycles. The fourth-order valence-corrected chi connectivity index (χ4v) is 1.81. The summed E-state index contributed by atoms with van der Waals surface area (Å²) in [6.07, 6.45) is 1.63. The highest BCUT2D eigenvalue weighted by Gasteiger charge is 2.13. The second kappa shape index (κ2) is 6.72. The first-order valence-electron chi connectivity index (χ1n) is 5.82. The Morgan fingerprint density at radius 1 is 1.67 bits per heavy atom. The molecule has 0 aliphatic heterocycles. The van der Waals surface area contributed by atoms with Crippen LogP contribution in [0.5, 0.6) is 0 Å². The maximum Gasteiger partial charge on any atom is 0.223 e. The van der Waals surface area contributed by atoms with E-state index < -0.39 is 0 Å². The number of rotatable bonds is 5. The monoisotopic (exact) mass is 246 g/mol. The lowest BCUT2D eigenvalue weighted by atomic mass is 10.1. The van der Waals surface area contributed by atoms with Gasteiger partial charge < -0.3 is 10.2 Å². The molecule has 5 heteroatoms. The molecule has 0 aromatic carbocycles. The molecule has 0 spiro atoms. The molecule has 1 amide bonds. The van der Waals surface area contributed by atoms with Gasteiger partial charge in [-0.1, -0.05) is 6.92 Å². The third-order valence-electron chi connectivity index (χ3n) is 2.67. The van der Waals surface area contributed by atoms with Crippen LogP contribution in [0.2, 0.25) is 0 Å². The van der Waals surface area contributed by atoms with Crippen LogP contribution < -0.4 is 5.32 Å². The number of nitrogens with one attached hydrogen (secondary N) is 1. The number of aromatic nitrogens is 1. The number of nitrogens with zero attached hydrogens (tertiary/aromatic N) is 3. The zero-order valence-electron chi connectivity index (χ0n) is 11.0. The van der Waals surface area contributed by atoms with Gasteiger partial charge in [-0.15, -0.1) is 0 Å². The van der Waals surface area contributed by atoms with Crippen molar-refractivity contribution in [3.8, 4) is 6.07 Å². The third-order valence-corrected chi connectivity index (χ3v) is 2.67. The number of hydrogen-bond acceptors (Lipinski definition) is 4. The summed E-state index contributed by atoms with van der Waals surface area (Å²) in [6, 6.07) is 5.66. The fraction of sp³-hybridized carbons (Fsp3) is 0.462. The summed E-state index contributed by atoms with van der Waals surface area (Å²) in [5.41, 5.74) is 1.44. The highest BCUT2D eigenvalue weighted by Crippen LogP contribution is 2.06. The van der Waals surface area contributed by atoms with Crippen LogP contribution in [0.3, 0.4) is 0 Å². The molecule has 0 aliphatic rings. The summed E-state index contributed by atoms with van der Waals surface area (Å²) in [7, 11) is 3.59. The third kappa shape index (κ3) is 4.15. The summed E-state index contributed by atoms with van der Waals surface area (Å²) in [5.74, 6) is -0.0217. The Labute approximate surface area is 107 Å². The van der Waals surface area contributed by atoms with Crippen LogP contribution in [0, 0.1) is 17.2 Å². The summed E-state index contributed by atoms with van der Waals surface area (Å²) < 4.78 is 0. The largest absolute Gasteiger partial charge is 0.359 e. The molecule has 0 aliphatic carbocycles. The number of carbonyl (C=O) groups is 1. The van der Waals surface area contributed by atoms with E-state index >= 15 is 0 Å². The number of hydrogen-bond donors (Lipinski definition) is 1. The predicted octanol–water partition coefficient (Wildman–Crippen LogP) is 0.767. The van der Waals surface area contributed by atoms with Crippen molar-refractivity contribution in [2.75, 3.05) is 20.6 Å². The zero-order valence-corrected chi connectivity index (χ0v) is 11.0. The van der Waals surface area contributed by atoms with Crippen molar-refractivity contribution >= 4 is 5.91 Å². The minimum atomic E-state index is -0.0581. The van der Waals surface area contributed by atoms with E-state index in [0.29, 0.717) is 18.8 Å². The molecular weight excluding hydrogens is 228 g/mol. The van der Waals surface area contributed by atoms with Crippen LogP contribution in [0.1, 0.15) is 18.2 Å². The molecule has 0 bridgehead atoms. The van der Waals surface area contributed by atoms with Crippen molar-refractivity contribution in [2.24, 2.45) is 5.92 Å². The lowest BCUT2D eigenvalue weighted by Gasteiger charge is -2.20. The topological polar surface area (TPSA) is 69.0 Å². The van der Waals surface area contributed by atoms with Crippen LogP contribution in [-0.2, 0) is 11.3 Å². The smallest absolute Gasteiger partial charge is 0.223 e. The number of amides is 1. The molecule has 1 unspecified atom stereocenters. The van der Waals surface area contributed by atoms with Gasteiger partial charge >= 0.3 is 0 Å². The Hall–Kier alpha value is -1.93. The van der Waals surface area contributed by atoms with Crippen molar-refractivity contribution in [3.63, 3.8) is 0 Å². The van der Waals surface area contributed by atoms with E-state index in [9.17, 15) is 4.79 Å². The summed E-state index contributed by atoms with van der Waals surface area (Å²) in [6.45, 7) is 3.25. The standard InChI is InChI=1S/C13H18N4O/c1-10(13(18)15-2)8-17(3)9-11-4-5-16-12(6-11)7-14/h4-6,10H,8-9H2,1-3H3,(H,15,18). The molecule has 1 atom stereocenters. The number of pyridine rings is 1. The maximum absolute atomic E-state index is 11.4. The van der Waals surface area contributed by atoms with Crippen molar-refractivity contribution < 1.29 is 4.79 Å². The highest BCUT2D eigenvalue weighted by atomic mass is 16.1. The van der Waals surface area contributed by atoms with Crippen LogP contribution in [0.4, 0.5) is 0 Å². The second-order valence-electron chi connectivity index (χ2n) is 4.37.